The van der Waals surface area contributed by atoms with Gasteiger partial charge in [0.1, 0.15) is 0 Å². The van der Waals surface area contributed by atoms with Gasteiger partial charge in [-0.1, -0.05) is 190 Å². The van der Waals surface area contributed by atoms with Crippen LogP contribution in [0.1, 0.15) is 25.0 Å². The molecule has 0 saturated carbocycles. The lowest BCUT2D eigenvalue weighted by Gasteiger charge is -2.45. The number of benzene rings is 10. The van der Waals surface area contributed by atoms with Gasteiger partial charge in [-0.15, -0.1) is 0 Å². The van der Waals surface area contributed by atoms with Crippen molar-refractivity contribution in [3.05, 3.63) is 230 Å². The Morgan fingerprint density at radius 2 is 0.949 bits per heavy atom. The SMILES string of the molecule is CC1(C)c2ccccc2N(c2c(-c3ccc4ccccc4c3)ccc3ccccc23)c2cccc(N(c3ccc(-c4ccccc4)cc3)c3cccc4ccccc34)c21. The van der Waals surface area contributed by atoms with Crippen molar-refractivity contribution in [2.75, 3.05) is 9.80 Å². The van der Waals surface area contributed by atoms with E-state index in [0.29, 0.717) is 0 Å². The first-order valence-corrected chi connectivity index (χ1v) is 20.5. The number of anilines is 6. The molecule has 0 N–H and O–H groups in total. The number of hydrogen-bond acceptors (Lipinski definition) is 2. The van der Waals surface area contributed by atoms with Gasteiger partial charge in [0.05, 0.1) is 28.4 Å². The Morgan fingerprint density at radius 3 is 1.76 bits per heavy atom. The average Bonchev–Trinajstić information content (AvgIpc) is 3.29. The molecule has 59 heavy (non-hydrogen) atoms. The maximum atomic E-state index is 2.56. The molecule has 0 atom stereocenters. The summed E-state index contributed by atoms with van der Waals surface area (Å²) in [7, 11) is 0. The molecule has 0 aromatic heterocycles. The number of fused-ring (bicyclic) bond motifs is 5. The van der Waals surface area contributed by atoms with Crippen LogP contribution in [0.3, 0.4) is 0 Å². The minimum absolute atomic E-state index is 0.362. The van der Waals surface area contributed by atoms with Crippen molar-refractivity contribution in [2.24, 2.45) is 0 Å². The summed E-state index contributed by atoms with van der Waals surface area (Å²) in [6, 6.07) is 80.1. The molecule has 280 valence electrons. The Kier molecular flexibility index (Phi) is 8.20. The molecule has 0 amide bonds. The second kappa shape index (κ2) is 13.9. The van der Waals surface area contributed by atoms with E-state index in [2.05, 4.69) is 242 Å². The van der Waals surface area contributed by atoms with Gasteiger partial charge in [0.2, 0.25) is 0 Å². The van der Waals surface area contributed by atoms with Gasteiger partial charge in [-0.05, 0) is 86.3 Å². The van der Waals surface area contributed by atoms with Crippen LogP contribution in [0.15, 0.2) is 218 Å². The second-order valence-corrected chi connectivity index (χ2v) is 16.1. The van der Waals surface area contributed by atoms with Crippen molar-refractivity contribution < 1.29 is 0 Å². The van der Waals surface area contributed by atoms with Crippen molar-refractivity contribution in [3.63, 3.8) is 0 Å². The standard InChI is InChI=1S/C57H42N2/c1-57(2)50-25-12-13-26-52(50)59(56-48-24-11-9-20-43(48)34-37-49(56)45-31-30-40-18-6-7-21-44(40)38-45)54-29-15-28-53(55(54)57)58(51-27-14-22-42-19-8-10-23-47(42)51)46-35-32-41(33-36-46)39-16-4-3-5-17-39/h3-38H,1-2H3. The quantitative estimate of drug-likeness (QED) is 0.167. The highest BCUT2D eigenvalue weighted by atomic mass is 15.2. The molecule has 11 rings (SSSR count). The second-order valence-electron chi connectivity index (χ2n) is 16.1. The van der Waals surface area contributed by atoms with Gasteiger partial charge in [0.25, 0.3) is 0 Å². The van der Waals surface area contributed by atoms with E-state index in [1.807, 2.05) is 0 Å². The molecule has 0 radical (unpaired) electrons. The van der Waals surface area contributed by atoms with Crippen LogP contribution in [-0.2, 0) is 5.41 Å². The third-order valence-electron chi connectivity index (χ3n) is 12.4. The summed E-state index contributed by atoms with van der Waals surface area (Å²) < 4.78 is 0. The predicted molar refractivity (Wildman–Crippen MR) is 251 cm³/mol. The normalized spacial score (nSPS) is 13.0. The Labute approximate surface area is 345 Å². The van der Waals surface area contributed by atoms with Crippen molar-refractivity contribution >= 4 is 66.4 Å². The van der Waals surface area contributed by atoms with E-state index in [1.165, 1.54) is 82.8 Å². The summed E-state index contributed by atoms with van der Waals surface area (Å²) in [4.78, 5) is 5.06. The molecule has 2 nitrogen and oxygen atoms in total. The predicted octanol–water partition coefficient (Wildman–Crippen LogP) is 16.1. The van der Waals surface area contributed by atoms with Crippen LogP contribution < -0.4 is 9.80 Å². The molecule has 0 fully saturated rings. The number of rotatable bonds is 6. The van der Waals surface area contributed by atoms with E-state index in [9.17, 15) is 0 Å². The van der Waals surface area contributed by atoms with Gasteiger partial charge >= 0.3 is 0 Å². The highest BCUT2D eigenvalue weighted by Crippen LogP contribution is 2.58. The third-order valence-corrected chi connectivity index (χ3v) is 12.4. The summed E-state index contributed by atoms with van der Waals surface area (Å²) in [6.45, 7) is 4.80. The molecule has 10 aromatic carbocycles. The number of para-hydroxylation sites is 1. The monoisotopic (exact) mass is 754 g/mol. The Morgan fingerprint density at radius 1 is 0.390 bits per heavy atom. The zero-order valence-electron chi connectivity index (χ0n) is 33.2. The zero-order chi connectivity index (χ0) is 39.5. The molecule has 0 unspecified atom stereocenters. The van der Waals surface area contributed by atoms with Crippen LogP contribution >= 0.6 is 0 Å². The van der Waals surface area contributed by atoms with E-state index in [-0.39, 0.29) is 5.41 Å². The first kappa shape index (κ1) is 34.8. The lowest BCUT2D eigenvalue weighted by atomic mass is 9.72. The molecular formula is C57H42N2. The molecule has 10 aromatic rings. The fraction of sp³-hybridized carbons (Fsp3) is 0.0526. The number of nitrogens with zero attached hydrogens (tertiary/aromatic N) is 2. The Balaban J connectivity index is 1.20. The molecule has 0 bridgehead atoms. The van der Waals surface area contributed by atoms with E-state index >= 15 is 0 Å². The molecule has 2 heteroatoms. The number of hydrogen-bond donors (Lipinski definition) is 0. The molecular weight excluding hydrogens is 713 g/mol. The van der Waals surface area contributed by atoms with Gasteiger partial charge in [-0.3, -0.25) is 0 Å². The molecule has 0 aliphatic carbocycles. The van der Waals surface area contributed by atoms with Crippen molar-refractivity contribution in [2.45, 2.75) is 19.3 Å². The van der Waals surface area contributed by atoms with Gasteiger partial charge in [0, 0.05) is 33.0 Å². The Hall–Kier alpha value is -7.42. The van der Waals surface area contributed by atoms with Gasteiger partial charge in [0.15, 0.2) is 0 Å². The van der Waals surface area contributed by atoms with Crippen molar-refractivity contribution in [1.29, 1.82) is 0 Å². The van der Waals surface area contributed by atoms with Crippen LogP contribution in [0.5, 0.6) is 0 Å². The summed E-state index contributed by atoms with van der Waals surface area (Å²) in [6.07, 6.45) is 0. The first-order valence-electron chi connectivity index (χ1n) is 20.5. The summed E-state index contributed by atoms with van der Waals surface area (Å²) in [5.41, 5.74) is 14.0. The van der Waals surface area contributed by atoms with Crippen LogP contribution in [-0.4, -0.2) is 0 Å². The maximum absolute atomic E-state index is 2.56. The Bertz CT molecular complexity index is 3190. The van der Waals surface area contributed by atoms with Crippen LogP contribution in [0.2, 0.25) is 0 Å². The highest BCUT2D eigenvalue weighted by Gasteiger charge is 2.41. The van der Waals surface area contributed by atoms with E-state index in [4.69, 9.17) is 0 Å². The molecule has 1 aliphatic rings. The van der Waals surface area contributed by atoms with Gasteiger partial charge in [-0.25, -0.2) is 0 Å². The maximum Gasteiger partial charge on any atom is 0.0618 e. The lowest BCUT2D eigenvalue weighted by molar-refractivity contribution is 0.632. The summed E-state index contributed by atoms with van der Waals surface area (Å²) in [5, 5.41) is 7.32. The fourth-order valence-corrected chi connectivity index (χ4v) is 9.57. The van der Waals surface area contributed by atoms with E-state index < -0.39 is 0 Å². The molecule has 1 heterocycles. The largest absolute Gasteiger partial charge is 0.309 e. The minimum Gasteiger partial charge on any atom is -0.309 e. The molecule has 1 aliphatic heterocycles. The van der Waals surface area contributed by atoms with E-state index in [0.717, 1.165) is 17.1 Å². The summed E-state index contributed by atoms with van der Waals surface area (Å²) >= 11 is 0. The topological polar surface area (TPSA) is 6.48 Å². The zero-order valence-corrected chi connectivity index (χ0v) is 33.2. The van der Waals surface area contributed by atoms with Gasteiger partial charge < -0.3 is 9.80 Å². The third kappa shape index (κ3) is 5.71. The van der Waals surface area contributed by atoms with Crippen LogP contribution in [0.4, 0.5) is 34.1 Å². The van der Waals surface area contributed by atoms with E-state index in [1.54, 1.807) is 0 Å². The average molecular weight is 755 g/mol. The summed E-state index contributed by atoms with van der Waals surface area (Å²) in [5.74, 6) is 0. The van der Waals surface area contributed by atoms with Crippen molar-refractivity contribution in [3.8, 4) is 22.3 Å². The highest BCUT2D eigenvalue weighted by molar-refractivity contribution is 6.09. The minimum atomic E-state index is -0.362. The van der Waals surface area contributed by atoms with Gasteiger partial charge in [-0.2, -0.15) is 0 Å². The molecule has 0 spiro atoms. The lowest BCUT2D eigenvalue weighted by Crippen LogP contribution is -2.32. The smallest absolute Gasteiger partial charge is 0.0618 e. The van der Waals surface area contributed by atoms with Crippen LogP contribution in [0, 0.1) is 0 Å². The van der Waals surface area contributed by atoms with Crippen molar-refractivity contribution in [1.82, 2.24) is 0 Å². The van der Waals surface area contributed by atoms with Crippen LogP contribution in [0.25, 0.3) is 54.6 Å². The fourth-order valence-electron chi connectivity index (χ4n) is 9.57. The first-order chi connectivity index (χ1) is 29.0. The molecule has 0 saturated heterocycles.